The number of rotatable bonds is 1. The van der Waals surface area contributed by atoms with E-state index in [0.29, 0.717) is 0 Å². The highest BCUT2D eigenvalue weighted by molar-refractivity contribution is 9.11. The lowest BCUT2D eigenvalue weighted by Gasteiger charge is -2.20. The molecule has 0 aromatic heterocycles. The van der Waals surface area contributed by atoms with Crippen molar-refractivity contribution in [2.24, 2.45) is 0 Å². The number of hydrogen-bond acceptors (Lipinski definition) is 1. The van der Waals surface area contributed by atoms with Crippen molar-refractivity contribution in [1.29, 1.82) is 0 Å². The van der Waals surface area contributed by atoms with Gasteiger partial charge in [-0.2, -0.15) is 0 Å². The second-order valence-electron chi connectivity index (χ2n) is 3.16. The highest BCUT2D eigenvalue weighted by Gasteiger charge is 2.21. The molecule has 1 rings (SSSR count). The van der Waals surface area contributed by atoms with Crippen molar-refractivity contribution in [2.45, 2.75) is 19.4 Å². The van der Waals surface area contributed by atoms with Crippen LogP contribution in [-0.2, 0) is 5.60 Å². The maximum atomic E-state index is 9.79. The molecule has 0 aliphatic heterocycles. The predicted molar refractivity (Wildman–Crippen MR) is 57.1 cm³/mol. The van der Waals surface area contributed by atoms with Crippen molar-refractivity contribution in [2.75, 3.05) is 0 Å². The molecular weight excluding hydrogens is 284 g/mol. The molecule has 0 atom stereocenters. The van der Waals surface area contributed by atoms with Gasteiger partial charge in [0.05, 0.1) is 5.60 Å². The zero-order valence-electron chi connectivity index (χ0n) is 6.94. The maximum absolute atomic E-state index is 9.79. The third kappa shape index (κ3) is 2.09. The third-order valence-electron chi connectivity index (χ3n) is 1.57. The van der Waals surface area contributed by atoms with E-state index in [9.17, 15) is 5.11 Å². The first-order valence-corrected chi connectivity index (χ1v) is 5.18. The van der Waals surface area contributed by atoms with E-state index in [1.54, 1.807) is 13.8 Å². The Morgan fingerprint density at radius 1 is 1.17 bits per heavy atom. The van der Waals surface area contributed by atoms with E-state index >= 15 is 0 Å². The first kappa shape index (κ1) is 10.2. The Bertz CT molecular complexity index is 269. The molecule has 1 nitrogen and oxygen atoms in total. The summed E-state index contributed by atoms with van der Waals surface area (Å²) in [7, 11) is 0. The van der Waals surface area contributed by atoms with Crippen molar-refractivity contribution in [3.05, 3.63) is 32.7 Å². The topological polar surface area (TPSA) is 20.2 Å². The Morgan fingerprint density at radius 2 is 1.58 bits per heavy atom. The number of halogens is 2. The summed E-state index contributed by atoms with van der Waals surface area (Å²) in [5, 5.41) is 9.79. The molecule has 0 fully saturated rings. The Balaban J connectivity index is 3.31. The molecule has 0 aliphatic rings. The van der Waals surface area contributed by atoms with E-state index in [0.717, 1.165) is 14.5 Å². The van der Waals surface area contributed by atoms with Gasteiger partial charge in [-0.25, -0.2) is 0 Å². The smallest absolute Gasteiger partial charge is 0.0862 e. The van der Waals surface area contributed by atoms with E-state index in [1.807, 2.05) is 18.2 Å². The fraction of sp³-hybridized carbons (Fsp3) is 0.333. The summed E-state index contributed by atoms with van der Waals surface area (Å²) in [4.78, 5) is 0. The Morgan fingerprint density at radius 3 is 1.83 bits per heavy atom. The summed E-state index contributed by atoms with van der Waals surface area (Å²) >= 11 is 6.79. The summed E-state index contributed by atoms with van der Waals surface area (Å²) in [6.07, 6.45) is 0. The molecular formula is C9H10Br2O. The van der Waals surface area contributed by atoms with Crippen LogP contribution in [0.15, 0.2) is 27.1 Å². The number of benzene rings is 1. The standard InChI is InChI=1S/C9H10Br2O/c1-9(2,12)8-6(10)4-3-5-7(8)11/h3-5,12H,1-2H3. The molecule has 0 aliphatic carbocycles. The van der Waals surface area contributed by atoms with Crippen molar-refractivity contribution < 1.29 is 5.11 Å². The van der Waals surface area contributed by atoms with Crippen LogP contribution in [0.25, 0.3) is 0 Å². The second kappa shape index (κ2) is 3.48. The van der Waals surface area contributed by atoms with Gasteiger partial charge in [0.25, 0.3) is 0 Å². The van der Waals surface area contributed by atoms with Gasteiger partial charge in [-0.05, 0) is 26.0 Å². The van der Waals surface area contributed by atoms with Gasteiger partial charge >= 0.3 is 0 Å². The van der Waals surface area contributed by atoms with Crippen LogP contribution in [0.2, 0.25) is 0 Å². The first-order valence-electron chi connectivity index (χ1n) is 3.60. The lowest BCUT2D eigenvalue weighted by atomic mass is 9.99. The van der Waals surface area contributed by atoms with E-state index in [1.165, 1.54) is 0 Å². The Labute approximate surface area is 89.1 Å². The molecule has 12 heavy (non-hydrogen) atoms. The lowest BCUT2D eigenvalue weighted by Crippen LogP contribution is -2.16. The summed E-state index contributed by atoms with van der Waals surface area (Å²) in [5.74, 6) is 0. The zero-order chi connectivity index (χ0) is 9.35. The molecule has 1 N–H and O–H groups in total. The van der Waals surface area contributed by atoms with Gasteiger partial charge in [0.15, 0.2) is 0 Å². The van der Waals surface area contributed by atoms with Gasteiger partial charge in [-0.15, -0.1) is 0 Å². The molecule has 0 saturated heterocycles. The third-order valence-corrected chi connectivity index (χ3v) is 2.90. The minimum absolute atomic E-state index is 0.821. The summed E-state index contributed by atoms with van der Waals surface area (Å²) in [6.45, 7) is 3.52. The van der Waals surface area contributed by atoms with Crippen molar-refractivity contribution in [3.63, 3.8) is 0 Å². The summed E-state index contributed by atoms with van der Waals surface area (Å²) < 4.78 is 1.84. The van der Waals surface area contributed by atoms with Gasteiger partial charge in [0.1, 0.15) is 0 Å². The molecule has 0 heterocycles. The van der Waals surface area contributed by atoms with E-state index < -0.39 is 5.60 Å². The van der Waals surface area contributed by atoms with Gasteiger partial charge in [0, 0.05) is 14.5 Å². The second-order valence-corrected chi connectivity index (χ2v) is 4.86. The molecule has 3 heteroatoms. The predicted octanol–water partition coefficient (Wildman–Crippen LogP) is 3.44. The average molecular weight is 294 g/mol. The van der Waals surface area contributed by atoms with Gasteiger partial charge in [-0.1, -0.05) is 37.9 Å². The fourth-order valence-corrected chi connectivity index (χ4v) is 3.05. The van der Waals surface area contributed by atoms with Gasteiger partial charge in [-0.3, -0.25) is 0 Å². The number of hydrogen-bond donors (Lipinski definition) is 1. The van der Waals surface area contributed by atoms with E-state index in [2.05, 4.69) is 31.9 Å². The molecule has 1 aromatic carbocycles. The minimum Gasteiger partial charge on any atom is -0.386 e. The van der Waals surface area contributed by atoms with Crippen molar-refractivity contribution >= 4 is 31.9 Å². The van der Waals surface area contributed by atoms with Crippen LogP contribution in [0.1, 0.15) is 19.4 Å². The SMILES string of the molecule is CC(C)(O)c1c(Br)cccc1Br. The maximum Gasteiger partial charge on any atom is 0.0862 e. The lowest BCUT2D eigenvalue weighted by molar-refractivity contribution is 0.0770. The van der Waals surface area contributed by atoms with Crippen molar-refractivity contribution in [1.82, 2.24) is 0 Å². The molecule has 0 spiro atoms. The van der Waals surface area contributed by atoms with Crippen LogP contribution >= 0.6 is 31.9 Å². The molecule has 0 saturated carbocycles. The monoisotopic (exact) mass is 292 g/mol. The van der Waals surface area contributed by atoms with Crippen LogP contribution < -0.4 is 0 Å². The number of aliphatic hydroxyl groups is 1. The van der Waals surface area contributed by atoms with Crippen LogP contribution in [-0.4, -0.2) is 5.11 Å². The summed E-state index contributed by atoms with van der Waals surface area (Å²) in [6, 6.07) is 5.75. The molecule has 0 amide bonds. The minimum atomic E-state index is -0.821. The van der Waals surface area contributed by atoms with Gasteiger partial charge < -0.3 is 5.11 Å². The molecule has 66 valence electrons. The van der Waals surface area contributed by atoms with Crippen molar-refractivity contribution in [3.8, 4) is 0 Å². The summed E-state index contributed by atoms with van der Waals surface area (Å²) in [5.41, 5.74) is 0.0591. The highest BCUT2D eigenvalue weighted by atomic mass is 79.9. The van der Waals surface area contributed by atoms with E-state index in [4.69, 9.17) is 0 Å². The quantitative estimate of drug-likeness (QED) is 0.841. The zero-order valence-corrected chi connectivity index (χ0v) is 10.1. The average Bonchev–Trinajstić information content (AvgIpc) is 1.82. The molecule has 0 unspecified atom stereocenters. The van der Waals surface area contributed by atoms with E-state index in [-0.39, 0.29) is 0 Å². The highest BCUT2D eigenvalue weighted by Crippen LogP contribution is 2.33. The fourth-order valence-electron chi connectivity index (χ4n) is 1.08. The molecule has 0 bridgehead atoms. The normalized spacial score (nSPS) is 11.8. The largest absolute Gasteiger partial charge is 0.386 e. The van der Waals surface area contributed by atoms with Crippen LogP contribution in [0.4, 0.5) is 0 Å². The van der Waals surface area contributed by atoms with Gasteiger partial charge in [0.2, 0.25) is 0 Å². The van der Waals surface area contributed by atoms with Crippen LogP contribution in [0.5, 0.6) is 0 Å². The van der Waals surface area contributed by atoms with Crippen LogP contribution in [0.3, 0.4) is 0 Å². The molecule has 1 aromatic rings. The Hall–Kier alpha value is 0.140. The molecule has 0 radical (unpaired) electrons. The first-order chi connectivity index (χ1) is 5.43. The Kier molecular flexibility index (Phi) is 2.97. The van der Waals surface area contributed by atoms with Crippen LogP contribution in [0, 0.1) is 0 Å².